The van der Waals surface area contributed by atoms with Crippen LogP contribution in [0.25, 0.3) is 0 Å². The average molecular weight is 222 g/mol. The van der Waals surface area contributed by atoms with E-state index in [4.69, 9.17) is 4.74 Å². The molecule has 2 atom stereocenters. The molecule has 2 rings (SSSR count). The summed E-state index contributed by atoms with van der Waals surface area (Å²) in [5.41, 5.74) is 0.739. The van der Waals surface area contributed by atoms with Gasteiger partial charge in [0, 0.05) is 11.5 Å². The topological polar surface area (TPSA) is 55.8 Å². The Bertz CT molecular complexity index is 388. The third kappa shape index (κ3) is 2.02. The predicted octanol–water partition coefficient (Wildman–Crippen LogP) is 1.29. The predicted molar refractivity (Wildman–Crippen MR) is 57.0 cm³/mol. The molecule has 0 aliphatic carbocycles. The molecule has 1 aliphatic rings. The van der Waals surface area contributed by atoms with E-state index in [0.717, 1.165) is 5.56 Å². The van der Waals surface area contributed by atoms with Gasteiger partial charge in [-0.25, -0.2) is 0 Å². The number of fused-ring (bicyclic) bond motifs is 1. The number of ether oxygens (including phenoxy) is 2. The molecule has 1 aliphatic heterocycles. The fraction of sp³-hybridized carbons (Fsp3) is 0.417. The normalized spacial score (nSPS) is 23.1. The van der Waals surface area contributed by atoms with Crippen molar-refractivity contribution in [3.8, 4) is 5.75 Å². The summed E-state index contributed by atoms with van der Waals surface area (Å²) in [6.07, 6.45) is -0.490. The van der Waals surface area contributed by atoms with Gasteiger partial charge in [0.2, 0.25) is 0 Å². The molecule has 0 aromatic heterocycles. The quantitative estimate of drug-likeness (QED) is 0.766. The van der Waals surface area contributed by atoms with E-state index in [0.29, 0.717) is 12.4 Å². The molecule has 4 nitrogen and oxygen atoms in total. The molecular formula is C12H14O4. The van der Waals surface area contributed by atoms with E-state index in [-0.39, 0.29) is 18.3 Å². The molecule has 1 aromatic carbocycles. The van der Waals surface area contributed by atoms with Gasteiger partial charge in [-0.1, -0.05) is 18.2 Å². The molecule has 0 saturated carbocycles. The molecule has 0 saturated heterocycles. The van der Waals surface area contributed by atoms with Crippen LogP contribution in [0.15, 0.2) is 24.3 Å². The molecule has 0 radical (unpaired) electrons. The molecule has 1 N–H and O–H groups in total. The van der Waals surface area contributed by atoms with Crippen molar-refractivity contribution in [1.82, 2.24) is 0 Å². The smallest absolute Gasteiger partial charge is 0.306 e. The van der Waals surface area contributed by atoms with Gasteiger partial charge in [0.15, 0.2) is 0 Å². The summed E-state index contributed by atoms with van der Waals surface area (Å²) in [6.45, 7) is 0.341. The van der Waals surface area contributed by atoms with Gasteiger partial charge in [-0.3, -0.25) is 4.79 Å². The van der Waals surface area contributed by atoms with Gasteiger partial charge in [0.1, 0.15) is 5.75 Å². The number of para-hydroxylation sites is 1. The number of benzene rings is 1. The minimum absolute atomic E-state index is 0.173. The zero-order valence-corrected chi connectivity index (χ0v) is 9.05. The zero-order chi connectivity index (χ0) is 11.5. The number of hydrogen-bond acceptors (Lipinski definition) is 4. The Kier molecular flexibility index (Phi) is 3.10. The number of aliphatic hydroxyl groups excluding tert-OH is 1. The van der Waals surface area contributed by atoms with Gasteiger partial charge in [0.25, 0.3) is 0 Å². The van der Waals surface area contributed by atoms with Crippen molar-refractivity contribution in [2.45, 2.75) is 12.5 Å². The molecule has 0 bridgehead atoms. The molecule has 1 aromatic rings. The highest BCUT2D eigenvalue weighted by Gasteiger charge is 2.30. The molecule has 4 heteroatoms. The standard InChI is InChI=1S/C12H14O4/c1-15-11(13)6-8-7-16-10-5-3-2-4-9(10)12(8)14/h2-5,8,12,14H,6-7H2,1H3/t8-,12+/m1/s1. The van der Waals surface area contributed by atoms with Crippen LogP contribution in [0.1, 0.15) is 18.1 Å². The second kappa shape index (κ2) is 4.53. The lowest BCUT2D eigenvalue weighted by Gasteiger charge is -2.29. The van der Waals surface area contributed by atoms with E-state index in [1.165, 1.54) is 7.11 Å². The SMILES string of the molecule is COC(=O)C[C@@H]1COc2ccccc2[C@H]1O. The Labute approximate surface area is 93.8 Å². The summed E-state index contributed by atoms with van der Waals surface area (Å²) in [5.74, 6) is 0.130. The van der Waals surface area contributed by atoms with E-state index in [9.17, 15) is 9.90 Å². The van der Waals surface area contributed by atoms with Gasteiger partial charge in [-0.2, -0.15) is 0 Å². The van der Waals surface area contributed by atoms with Crippen molar-refractivity contribution < 1.29 is 19.4 Å². The lowest BCUT2D eigenvalue weighted by atomic mass is 9.91. The molecular weight excluding hydrogens is 208 g/mol. The Morgan fingerprint density at radius 1 is 1.56 bits per heavy atom. The Morgan fingerprint density at radius 3 is 3.06 bits per heavy atom. The monoisotopic (exact) mass is 222 g/mol. The number of methoxy groups -OCH3 is 1. The van der Waals surface area contributed by atoms with Crippen LogP contribution in [0.2, 0.25) is 0 Å². The second-order valence-electron chi connectivity index (χ2n) is 3.83. The summed E-state index contributed by atoms with van der Waals surface area (Å²) in [7, 11) is 1.34. The number of carbonyl (C=O) groups excluding carboxylic acids is 1. The highest BCUT2D eigenvalue weighted by atomic mass is 16.5. The van der Waals surface area contributed by atoms with Gasteiger partial charge in [0.05, 0.1) is 26.2 Å². The maximum Gasteiger partial charge on any atom is 0.306 e. The van der Waals surface area contributed by atoms with Crippen molar-refractivity contribution >= 4 is 5.97 Å². The lowest BCUT2D eigenvalue weighted by Crippen LogP contribution is -2.28. The van der Waals surface area contributed by atoms with Crippen LogP contribution in [-0.2, 0) is 9.53 Å². The maximum atomic E-state index is 11.1. The molecule has 1 heterocycles. The molecule has 16 heavy (non-hydrogen) atoms. The summed E-state index contributed by atoms with van der Waals surface area (Å²) in [5, 5.41) is 10.1. The molecule has 0 amide bonds. The van der Waals surface area contributed by atoms with E-state index >= 15 is 0 Å². The third-order valence-electron chi connectivity index (χ3n) is 2.79. The van der Waals surface area contributed by atoms with Crippen molar-refractivity contribution in [3.05, 3.63) is 29.8 Å². The van der Waals surface area contributed by atoms with Crippen molar-refractivity contribution in [3.63, 3.8) is 0 Å². The minimum Gasteiger partial charge on any atom is -0.493 e. The van der Waals surface area contributed by atoms with Crippen molar-refractivity contribution in [2.24, 2.45) is 5.92 Å². The van der Waals surface area contributed by atoms with Gasteiger partial charge >= 0.3 is 5.97 Å². The highest BCUT2D eigenvalue weighted by molar-refractivity contribution is 5.69. The fourth-order valence-electron chi connectivity index (χ4n) is 1.87. The Morgan fingerprint density at radius 2 is 2.31 bits per heavy atom. The first kappa shape index (κ1) is 11.0. The average Bonchev–Trinajstić information content (AvgIpc) is 2.33. The maximum absolute atomic E-state index is 11.1. The number of aliphatic hydroxyl groups is 1. The third-order valence-corrected chi connectivity index (χ3v) is 2.79. The summed E-state index contributed by atoms with van der Waals surface area (Å²) in [4.78, 5) is 11.1. The first-order valence-corrected chi connectivity index (χ1v) is 5.19. The first-order valence-electron chi connectivity index (χ1n) is 5.19. The van der Waals surface area contributed by atoms with Gasteiger partial charge in [-0.15, -0.1) is 0 Å². The second-order valence-corrected chi connectivity index (χ2v) is 3.83. The fourth-order valence-corrected chi connectivity index (χ4v) is 1.87. The largest absolute Gasteiger partial charge is 0.493 e. The minimum atomic E-state index is -0.663. The lowest BCUT2D eigenvalue weighted by molar-refractivity contribution is -0.143. The van der Waals surface area contributed by atoms with E-state index in [1.54, 1.807) is 0 Å². The van der Waals surface area contributed by atoms with E-state index in [1.807, 2.05) is 24.3 Å². The number of esters is 1. The Balaban J connectivity index is 2.15. The van der Waals surface area contributed by atoms with Crippen LogP contribution >= 0.6 is 0 Å². The van der Waals surface area contributed by atoms with E-state index in [2.05, 4.69) is 4.74 Å². The number of rotatable bonds is 2. The summed E-state index contributed by atoms with van der Waals surface area (Å²) in [6, 6.07) is 7.31. The molecule has 0 fully saturated rings. The number of carbonyl (C=O) groups is 1. The zero-order valence-electron chi connectivity index (χ0n) is 9.05. The molecule has 0 unspecified atom stereocenters. The highest BCUT2D eigenvalue weighted by Crippen LogP contribution is 2.36. The van der Waals surface area contributed by atoms with E-state index < -0.39 is 6.10 Å². The van der Waals surface area contributed by atoms with Crippen LogP contribution in [0, 0.1) is 5.92 Å². The summed E-state index contributed by atoms with van der Waals surface area (Å²) < 4.78 is 10.1. The molecule has 86 valence electrons. The van der Waals surface area contributed by atoms with Gasteiger partial charge in [-0.05, 0) is 6.07 Å². The van der Waals surface area contributed by atoms with Crippen molar-refractivity contribution in [2.75, 3.05) is 13.7 Å². The van der Waals surface area contributed by atoms with Crippen LogP contribution in [0.4, 0.5) is 0 Å². The van der Waals surface area contributed by atoms with Crippen LogP contribution in [0.3, 0.4) is 0 Å². The first-order chi connectivity index (χ1) is 7.72. The van der Waals surface area contributed by atoms with Crippen LogP contribution in [-0.4, -0.2) is 24.8 Å². The van der Waals surface area contributed by atoms with Crippen LogP contribution < -0.4 is 4.74 Å². The Hall–Kier alpha value is -1.55. The van der Waals surface area contributed by atoms with Crippen LogP contribution in [0.5, 0.6) is 5.75 Å². The van der Waals surface area contributed by atoms with Gasteiger partial charge < -0.3 is 14.6 Å². The number of hydrogen-bond donors (Lipinski definition) is 1. The van der Waals surface area contributed by atoms with Crippen molar-refractivity contribution in [1.29, 1.82) is 0 Å². The summed E-state index contributed by atoms with van der Waals surface area (Å²) >= 11 is 0. The molecule has 0 spiro atoms.